The second-order valence-electron chi connectivity index (χ2n) is 7.77. The molecule has 3 aromatic rings. The van der Waals surface area contributed by atoms with Crippen molar-refractivity contribution in [3.63, 3.8) is 0 Å². The number of fused-ring (bicyclic) bond motifs is 1. The summed E-state index contributed by atoms with van der Waals surface area (Å²) in [7, 11) is 0. The molecule has 0 aliphatic carbocycles. The van der Waals surface area contributed by atoms with Gasteiger partial charge in [0.1, 0.15) is 11.4 Å². The summed E-state index contributed by atoms with van der Waals surface area (Å²) in [6.45, 7) is 5.47. The van der Waals surface area contributed by atoms with Gasteiger partial charge >= 0.3 is 5.97 Å². The van der Waals surface area contributed by atoms with Gasteiger partial charge in [-0.15, -0.1) is 0 Å². The van der Waals surface area contributed by atoms with E-state index in [4.69, 9.17) is 9.47 Å². The molecule has 0 atom stereocenters. The Kier molecular flexibility index (Phi) is 7.57. The van der Waals surface area contributed by atoms with Crippen molar-refractivity contribution in [3.8, 4) is 5.75 Å². The van der Waals surface area contributed by atoms with Crippen LogP contribution >= 0.6 is 0 Å². The maximum Gasteiger partial charge on any atom is 0.359 e. The van der Waals surface area contributed by atoms with Crippen molar-refractivity contribution in [1.82, 2.24) is 9.78 Å². The molecule has 0 fully saturated rings. The number of hydrogen-bond donors (Lipinski definition) is 1. The molecule has 1 heterocycles. The zero-order valence-corrected chi connectivity index (χ0v) is 18.9. The van der Waals surface area contributed by atoms with Crippen LogP contribution in [-0.2, 0) is 16.1 Å². The summed E-state index contributed by atoms with van der Waals surface area (Å²) in [5.74, 6) is -1.29. The van der Waals surface area contributed by atoms with Gasteiger partial charge in [-0.2, -0.15) is 5.10 Å². The Hall–Kier alpha value is -4.28. The van der Waals surface area contributed by atoms with Gasteiger partial charge in [0.15, 0.2) is 12.3 Å². The van der Waals surface area contributed by atoms with Gasteiger partial charge in [-0.3, -0.25) is 19.7 Å². The molecule has 178 valence electrons. The third kappa shape index (κ3) is 5.55. The van der Waals surface area contributed by atoms with Crippen LogP contribution in [0.4, 0.5) is 11.4 Å². The molecule has 34 heavy (non-hydrogen) atoms. The first-order valence-electron chi connectivity index (χ1n) is 10.6. The molecule has 0 aliphatic heterocycles. The van der Waals surface area contributed by atoms with Crippen molar-refractivity contribution in [3.05, 3.63) is 68.6 Å². The fourth-order valence-corrected chi connectivity index (χ4v) is 3.27. The standard InChI is InChI=1S/C23H24N4O7/c1-4-33-15-9-10-18(19(11-15)27(31)32)24-20(28)13-34-23(30)21-16-7-5-6-8-17(16)22(29)26(25-21)12-14(2)3/h5-11,14H,4,12-13H2,1-3H3,(H,24,28). The van der Waals surface area contributed by atoms with Gasteiger partial charge < -0.3 is 14.8 Å². The summed E-state index contributed by atoms with van der Waals surface area (Å²) >= 11 is 0. The zero-order valence-electron chi connectivity index (χ0n) is 18.9. The number of nitrogens with one attached hydrogen (secondary N) is 1. The van der Waals surface area contributed by atoms with E-state index in [0.29, 0.717) is 23.9 Å². The van der Waals surface area contributed by atoms with Gasteiger partial charge in [-0.05, 0) is 31.0 Å². The van der Waals surface area contributed by atoms with Crippen LogP contribution in [0.25, 0.3) is 10.8 Å². The first-order valence-corrected chi connectivity index (χ1v) is 10.6. The van der Waals surface area contributed by atoms with Crippen LogP contribution in [0, 0.1) is 16.0 Å². The topological polar surface area (TPSA) is 143 Å². The fourth-order valence-electron chi connectivity index (χ4n) is 3.27. The first kappa shape index (κ1) is 24.4. The van der Waals surface area contributed by atoms with Crippen molar-refractivity contribution in [2.24, 2.45) is 5.92 Å². The number of benzene rings is 2. The molecule has 0 aliphatic rings. The van der Waals surface area contributed by atoms with Crippen LogP contribution in [-0.4, -0.2) is 39.8 Å². The van der Waals surface area contributed by atoms with E-state index in [1.54, 1.807) is 31.2 Å². The number of carbonyl (C=O) groups excluding carboxylic acids is 2. The summed E-state index contributed by atoms with van der Waals surface area (Å²) in [5, 5.41) is 18.5. The third-order valence-corrected chi connectivity index (χ3v) is 4.68. The quantitative estimate of drug-likeness (QED) is 0.287. The molecule has 1 N–H and O–H groups in total. The molecule has 2 aromatic carbocycles. The summed E-state index contributed by atoms with van der Waals surface area (Å²) in [6, 6.07) is 10.5. The minimum Gasteiger partial charge on any atom is -0.494 e. The third-order valence-electron chi connectivity index (χ3n) is 4.68. The van der Waals surface area contributed by atoms with E-state index in [1.807, 2.05) is 13.8 Å². The fraction of sp³-hybridized carbons (Fsp3) is 0.304. The van der Waals surface area contributed by atoms with Gasteiger partial charge in [-0.25, -0.2) is 9.48 Å². The highest BCUT2D eigenvalue weighted by Crippen LogP contribution is 2.29. The lowest BCUT2D eigenvalue weighted by molar-refractivity contribution is -0.384. The van der Waals surface area contributed by atoms with Crippen LogP contribution in [0.1, 0.15) is 31.3 Å². The highest BCUT2D eigenvalue weighted by atomic mass is 16.6. The lowest BCUT2D eigenvalue weighted by atomic mass is 10.1. The highest BCUT2D eigenvalue weighted by Gasteiger charge is 2.21. The highest BCUT2D eigenvalue weighted by molar-refractivity contribution is 6.03. The van der Waals surface area contributed by atoms with Gasteiger partial charge in [0.25, 0.3) is 17.2 Å². The zero-order chi connectivity index (χ0) is 24.8. The predicted octanol–water partition coefficient (Wildman–Crippen LogP) is 3.15. The molecule has 0 bridgehead atoms. The average Bonchev–Trinajstić information content (AvgIpc) is 2.80. The molecular weight excluding hydrogens is 444 g/mol. The number of nitrogens with zero attached hydrogens (tertiary/aromatic N) is 3. The molecule has 0 spiro atoms. The average molecular weight is 468 g/mol. The summed E-state index contributed by atoms with van der Waals surface area (Å²) < 4.78 is 11.6. The Bertz CT molecular complexity index is 1300. The number of hydrogen-bond acceptors (Lipinski definition) is 8. The van der Waals surface area contributed by atoms with E-state index < -0.39 is 23.4 Å². The molecule has 1 amide bonds. The van der Waals surface area contributed by atoms with E-state index in [9.17, 15) is 24.5 Å². The van der Waals surface area contributed by atoms with Crippen molar-refractivity contribution in [2.45, 2.75) is 27.3 Å². The molecule has 11 heteroatoms. The molecule has 0 saturated carbocycles. The van der Waals surface area contributed by atoms with Crippen molar-refractivity contribution < 1.29 is 24.0 Å². The van der Waals surface area contributed by atoms with Gasteiger partial charge in [-0.1, -0.05) is 32.0 Å². The van der Waals surface area contributed by atoms with E-state index in [1.165, 1.54) is 22.9 Å². The molecule has 1 aromatic heterocycles. The Balaban J connectivity index is 1.79. The number of nitro groups is 1. The molecule has 0 saturated heterocycles. The number of amides is 1. The normalized spacial score (nSPS) is 10.8. The summed E-state index contributed by atoms with van der Waals surface area (Å²) in [5.41, 5.74) is -0.861. The minimum atomic E-state index is -0.898. The maximum atomic E-state index is 12.8. The van der Waals surface area contributed by atoms with Crippen LogP contribution in [0.15, 0.2) is 47.3 Å². The summed E-state index contributed by atoms with van der Waals surface area (Å²) in [6.07, 6.45) is 0. The minimum absolute atomic E-state index is 0.0661. The van der Waals surface area contributed by atoms with Crippen LogP contribution in [0.3, 0.4) is 0 Å². The van der Waals surface area contributed by atoms with Crippen LogP contribution in [0.5, 0.6) is 5.75 Å². The number of rotatable bonds is 9. The van der Waals surface area contributed by atoms with Crippen molar-refractivity contribution in [1.29, 1.82) is 0 Å². The Labute approximate surface area is 194 Å². The number of esters is 1. The Morgan fingerprint density at radius 2 is 1.88 bits per heavy atom. The van der Waals surface area contributed by atoms with Crippen LogP contribution < -0.4 is 15.6 Å². The van der Waals surface area contributed by atoms with E-state index in [-0.39, 0.29) is 34.3 Å². The van der Waals surface area contributed by atoms with Gasteiger partial charge in [0, 0.05) is 11.9 Å². The Morgan fingerprint density at radius 3 is 2.53 bits per heavy atom. The molecule has 0 radical (unpaired) electrons. The van der Waals surface area contributed by atoms with E-state index in [0.717, 1.165) is 0 Å². The number of anilines is 1. The molecular formula is C23H24N4O7. The number of ether oxygens (including phenoxy) is 2. The predicted molar refractivity (Wildman–Crippen MR) is 124 cm³/mol. The lowest BCUT2D eigenvalue weighted by Crippen LogP contribution is -2.29. The SMILES string of the molecule is CCOc1ccc(NC(=O)COC(=O)c2nn(CC(C)C)c(=O)c3ccccc23)c([N+](=O)[O-])c1. The first-order chi connectivity index (χ1) is 16.2. The number of aromatic nitrogens is 2. The Morgan fingerprint density at radius 1 is 1.18 bits per heavy atom. The van der Waals surface area contributed by atoms with Crippen LogP contribution in [0.2, 0.25) is 0 Å². The molecule has 3 rings (SSSR count). The lowest BCUT2D eigenvalue weighted by Gasteiger charge is -2.12. The molecule has 11 nitrogen and oxygen atoms in total. The maximum absolute atomic E-state index is 12.8. The smallest absolute Gasteiger partial charge is 0.359 e. The monoisotopic (exact) mass is 468 g/mol. The van der Waals surface area contributed by atoms with Crippen molar-refractivity contribution in [2.75, 3.05) is 18.5 Å². The second kappa shape index (κ2) is 10.6. The van der Waals surface area contributed by atoms with Gasteiger partial charge in [0.05, 0.1) is 23.0 Å². The second-order valence-corrected chi connectivity index (χ2v) is 7.77. The molecule has 0 unspecified atom stereocenters. The summed E-state index contributed by atoms with van der Waals surface area (Å²) in [4.78, 5) is 48.5. The van der Waals surface area contributed by atoms with Crippen molar-refractivity contribution >= 4 is 34.0 Å². The largest absolute Gasteiger partial charge is 0.494 e. The van der Waals surface area contributed by atoms with E-state index >= 15 is 0 Å². The number of carbonyl (C=O) groups is 2. The number of nitro benzene ring substituents is 1. The van der Waals surface area contributed by atoms with Gasteiger partial charge in [0.2, 0.25) is 0 Å². The van der Waals surface area contributed by atoms with E-state index in [2.05, 4.69) is 10.4 Å².